The van der Waals surface area contributed by atoms with Crippen LogP contribution in [0, 0.1) is 17.8 Å². The van der Waals surface area contributed by atoms with Gasteiger partial charge < -0.3 is 25.4 Å². The summed E-state index contributed by atoms with van der Waals surface area (Å²) in [7, 11) is 0. The number of ether oxygens (including phenoxy) is 1. The van der Waals surface area contributed by atoms with E-state index in [2.05, 4.69) is 24.1 Å². The van der Waals surface area contributed by atoms with Crippen LogP contribution in [-0.4, -0.2) is 63.0 Å². The topological polar surface area (TPSA) is 167 Å². The Kier molecular flexibility index (Phi) is 20.4. The van der Waals surface area contributed by atoms with E-state index in [0.29, 0.717) is 37.0 Å². The van der Waals surface area contributed by atoms with Gasteiger partial charge in [0.15, 0.2) is 11.4 Å². The van der Waals surface area contributed by atoms with E-state index in [4.69, 9.17) is 4.74 Å². The quantitative estimate of drug-likeness (QED) is 0.0546. The first-order chi connectivity index (χ1) is 22.5. The van der Waals surface area contributed by atoms with Gasteiger partial charge in [-0.05, 0) is 56.7 Å². The third kappa shape index (κ3) is 16.4. The van der Waals surface area contributed by atoms with Crippen LogP contribution in [0.3, 0.4) is 0 Å². The van der Waals surface area contributed by atoms with Crippen molar-refractivity contribution in [3.63, 3.8) is 0 Å². The maximum Gasteiger partial charge on any atom is 0.337 e. The van der Waals surface area contributed by atoms with Crippen molar-refractivity contribution in [2.24, 2.45) is 5.92 Å². The number of carboxylic acids is 2. The molecule has 1 aromatic carbocycles. The average Bonchev–Trinajstić information content (AvgIpc) is 3.03. The number of hydrogen-bond donors (Lipinski definition) is 4. The molecular formula is C37H53NO9. The van der Waals surface area contributed by atoms with E-state index in [-0.39, 0.29) is 31.0 Å². The molecule has 4 N–H and O–H groups in total. The molecule has 1 rings (SSSR count). The fourth-order valence-electron chi connectivity index (χ4n) is 5.14. The molecule has 0 saturated heterocycles. The third-order valence-electron chi connectivity index (χ3n) is 7.96. The molecule has 0 bridgehead atoms. The molecule has 10 heteroatoms. The summed E-state index contributed by atoms with van der Waals surface area (Å²) < 4.78 is 5.51. The second-order valence-corrected chi connectivity index (χ2v) is 11.8. The zero-order valence-corrected chi connectivity index (χ0v) is 28.2. The van der Waals surface area contributed by atoms with Crippen LogP contribution >= 0.6 is 0 Å². The minimum Gasteiger partial charge on any atom is -0.481 e. The minimum atomic E-state index is -2.94. The number of aliphatic carboxylic acids is 2. The zero-order chi connectivity index (χ0) is 35.1. The monoisotopic (exact) mass is 655 g/mol. The van der Waals surface area contributed by atoms with Crippen LogP contribution < -0.4 is 10.1 Å². The molecule has 3 atom stereocenters. The second-order valence-electron chi connectivity index (χ2n) is 11.8. The highest BCUT2D eigenvalue weighted by atomic mass is 16.5. The lowest BCUT2D eigenvalue weighted by Gasteiger charge is -2.30. The average molecular weight is 656 g/mol. The molecule has 0 fully saturated rings. The maximum atomic E-state index is 13.5. The molecule has 260 valence electrons. The molecule has 1 aromatic rings. The molecule has 0 heterocycles. The van der Waals surface area contributed by atoms with Crippen LogP contribution in [0.25, 0.3) is 0 Å². The van der Waals surface area contributed by atoms with E-state index in [1.807, 2.05) is 0 Å². The number of benzene rings is 1. The maximum absolute atomic E-state index is 13.5. The lowest BCUT2D eigenvalue weighted by Crippen LogP contribution is -2.55. The molecule has 10 nitrogen and oxygen atoms in total. The standard InChI is InChI=1S/C37H53NO9/c1-4-7-9-12-15-18-29(39)19-16-13-10-11-14-17-20-31(37(46,36(44)45)27-34(41)42)35(43)38-32(33(40)6-3)26-28-21-23-30(24-22-28)47-25-8-5-2/h17,20-24,31-32,46H,4,6-7,9-16,18-19,25-27H2,1-3H3,(H,38,43)(H,41,42)(H,44,45)/b20-17+/t31-,32+,37+/m1/s1. The number of aliphatic hydroxyl groups is 1. The van der Waals surface area contributed by atoms with Gasteiger partial charge in [0.1, 0.15) is 18.1 Å². The van der Waals surface area contributed by atoms with E-state index in [9.17, 15) is 39.3 Å². The number of carbonyl (C=O) groups excluding carboxylic acids is 3. The summed E-state index contributed by atoms with van der Waals surface area (Å²) in [6.07, 6.45) is 12.1. The first-order valence-corrected chi connectivity index (χ1v) is 16.8. The first kappa shape index (κ1) is 41.1. The van der Waals surface area contributed by atoms with Crippen molar-refractivity contribution in [1.82, 2.24) is 5.32 Å². The lowest BCUT2D eigenvalue weighted by atomic mass is 9.82. The summed E-state index contributed by atoms with van der Waals surface area (Å²) in [5.41, 5.74) is -2.24. The number of ketones is 2. The number of carbonyl (C=O) groups is 5. The molecule has 0 aliphatic carbocycles. The summed E-state index contributed by atoms with van der Waals surface area (Å²) in [5.74, 6) is -0.119. The highest BCUT2D eigenvalue weighted by molar-refractivity contribution is 5.95. The van der Waals surface area contributed by atoms with Gasteiger partial charge in [0.05, 0.1) is 18.4 Å². The van der Waals surface area contributed by atoms with E-state index >= 15 is 0 Å². The van der Waals surface area contributed by atoms with Gasteiger partial charge in [-0.1, -0.05) is 82.6 Å². The third-order valence-corrected chi connectivity index (χ3v) is 7.96. The zero-order valence-electron chi connectivity index (χ0n) is 28.2. The van der Waals surface area contributed by atoms with Crippen molar-refractivity contribution in [3.05, 3.63) is 42.0 Å². The van der Waals surface area contributed by atoms with Crippen LogP contribution in [0.15, 0.2) is 36.4 Å². The number of carboxylic acid groups (broad SMARTS) is 2. The summed E-state index contributed by atoms with van der Waals surface area (Å²) in [6.45, 7) is 5.72. The molecule has 47 heavy (non-hydrogen) atoms. The van der Waals surface area contributed by atoms with Crippen molar-refractivity contribution in [2.75, 3.05) is 6.61 Å². The smallest absolute Gasteiger partial charge is 0.337 e. The van der Waals surface area contributed by atoms with Gasteiger partial charge in [0.25, 0.3) is 0 Å². The van der Waals surface area contributed by atoms with E-state index in [1.165, 1.54) is 18.9 Å². The summed E-state index contributed by atoms with van der Waals surface area (Å²) >= 11 is 0. The van der Waals surface area contributed by atoms with Gasteiger partial charge in [-0.3, -0.25) is 19.2 Å². The molecule has 0 aliphatic rings. The fraction of sp³-hybridized carbons (Fsp3) is 0.595. The molecule has 1 amide bonds. The normalized spacial score (nSPS) is 13.5. The van der Waals surface area contributed by atoms with E-state index in [1.54, 1.807) is 44.2 Å². The highest BCUT2D eigenvalue weighted by Gasteiger charge is 2.49. The summed E-state index contributed by atoms with van der Waals surface area (Å²) in [5, 5.41) is 32.8. The number of nitrogens with one attached hydrogen (secondary N) is 1. The van der Waals surface area contributed by atoms with Crippen molar-refractivity contribution < 1.29 is 44.0 Å². The second kappa shape index (κ2) is 23.4. The number of rotatable bonds is 26. The van der Waals surface area contributed by atoms with Crippen LogP contribution in [0.4, 0.5) is 0 Å². The van der Waals surface area contributed by atoms with Gasteiger partial charge in [0, 0.05) is 19.3 Å². The van der Waals surface area contributed by atoms with Gasteiger partial charge in [-0.2, -0.15) is 0 Å². The Morgan fingerprint density at radius 3 is 2.09 bits per heavy atom. The number of allylic oxidation sites excluding steroid dienone is 1. The largest absolute Gasteiger partial charge is 0.481 e. The van der Waals surface area contributed by atoms with Crippen molar-refractivity contribution in [3.8, 4) is 17.6 Å². The van der Waals surface area contributed by atoms with E-state index in [0.717, 1.165) is 38.5 Å². The van der Waals surface area contributed by atoms with Crippen molar-refractivity contribution >= 4 is 29.4 Å². The van der Waals surface area contributed by atoms with Crippen LogP contribution in [0.5, 0.6) is 5.75 Å². The van der Waals surface area contributed by atoms with Gasteiger partial charge in [-0.15, -0.1) is 5.92 Å². The fourth-order valence-corrected chi connectivity index (χ4v) is 5.14. The predicted molar refractivity (Wildman–Crippen MR) is 180 cm³/mol. The Hall–Kier alpha value is -3.97. The van der Waals surface area contributed by atoms with Crippen LogP contribution in [-0.2, 0) is 30.4 Å². The first-order valence-electron chi connectivity index (χ1n) is 16.8. The number of amides is 1. The number of Topliss-reactive ketones (excluding diaryl/α,β-unsaturated/α-hetero) is 2. The molecule has 0 saturated carbocycles. The number of hydrogen-bond acceptors (Lipinski definition) is 7. The van der Waals surface area contributed by atoms with Crippen molar-refractivity contribution in [2.45, 2.75) is 129 Å². The summed E-state index contributed by atoms with van der Waals surface area (Å²) in [6, 6.07) is 5.84. The van der Waals surface area contributed by atoms with Gasteiger partial charge in [0.2, 0.25) is 5.91 Å². The Balaban J connectivity index is 2.89. The minimum absolute atomic E-state index is 0.0885. The molecule has 0 spiro atoms. The van der Waals surface area contributed by atoms with E-state index < -0.39 is 41.8 Å². The molecule has 0 aliphatic heterocycles. The summed E-state index contributed by atoms with van der Waals surface area (Å²) in [4.78, 5) is 62.1. The predicted octanol–water partition coefficient (Wildman–Crippen LogP) is 5.83. The SMILES string of the molecule is CC#CCOc1ccc(C[C@H](NC(=O)[C@@H](/C=C/CCCCCCC(=O)CCCCCCC)[C@@](O)(CC(=O)O)C(=O)O)C(=O)CC)cc1. The lowest BCUT2D eigenvalue weighted by molar-refractivity contribution is -0.172. The molecular weight excluding hydrogens is 602 g/mol. The molecule has 0 unspecified atom stereocenters. The van der Waals surface area contributed by atoms with Gasteiger partial charge >= 0.3 is 11.9 Å². The van der Waals surface area contributed by atoms with Crippen LogP contribution in [0.1, 0.15) is 116 Å². The van der Waals surface area contributed by atoms with Crippen LogP contribution in [0.2, 0.25) is 0 Å². The Morgan fingerprint density at radius 2 is 1.53 bits per heavy atom. The molecule has 0 radical (unpaired) electrons. The molecule has 0 aromatic heterocycles. The Labute approximate surface area is 279 Å². The van der Waals surface area contributed by atoms with Gasteiger partial charge in [-0.25, -0.2) is 4.79 Å². The Bertz CT molecular complexity index is 1230. The highest BCUT2D eigenvalue weighted by Crippen LogP contribution is 2.26. The Morgan fingerprint density at radius 1 is 0.915 bits per heavy atom. The van der Waals surface area contributed by atoms with Crippen molar-refractivity contribution in [1.29, 1.82) is 0 Å². The number of unbranched alkanes of at least 4 members (excludes halogenated alkanes) is 8.